The largest absolute Gasteiger partial charge is 0.103 e. The Morgan fingerprint density at radius 3 is 1.28 bits per heavy atom. The van der Waals surface area contributed by atoms with Gasteiger partial charge in [0.05, 0.1) is 0 Å². The molecule has 1 heteroatoms. The molecule has 0 saturated carbocycles. The number of hydrogen-bond acceptors (Lipinski definition) is 0. The van der Waals surface area contributed by atoms with Crippen molar-refractivity contribution >= 4 is 19.2 Å². The Labute approximate surface area is 154 Å². The van der Waals surface area contributed by atoms with Crippen molar-refractivity contribution < 1.29 is 0 Å². The molecule has 0 bridgehead atoms. The Balaban J connectivity index is 2.28. The van der Waals surface area contributed by atoms with E-state index in [4.69, 9.17) is 0 Å². The molecule has 2 rings (SSSR count). The molecule has 0 unspecified atom stereocenters. The molecule has 0 aliphatic carbocycles. The number of benzene rings is 2. The van der Waals surface area contributed by atoms with Crippen molar-refractivity contribution in [3.63, 3.8) is 0 Å². The van der Waals surface area contributed by atoms with Gasteiger partial charge in [-0.05, 0) is 58.5 Å². The van der Waals surface area contributed by atoms with Crippen LogP contribution in [0.15, 0.2) is 87.0 Å². The molecular formula is C24H27P. The third-order valence-electron chi connectivity index (χ3n) is 4.16. The molecule has 0 aromatic heterocycles. The van der Waals surface area contributed by atoms with Gasteiger partial charge in [0.2, 0.25) is 0 Å². The molecule has 0 amide bonds. The van der Waals surface area contributed by atoms with Gasteiger partial charge in [-0.15, -0.1) is 26.3 Å². The van der Waals surface area contributed by atoms with Crippen LogP contribution in [0.25, 0.3) is 0 Å². The lowest BCUT2D eigenvalue weighted by Gasteiger charge is -2.12. The first-order chi connectivity index (χ1) is 12.2. The maximum absolute atomic E-state index is 3.89. The highest BCUT2D eigenvalue weighted by molar-refractivity contribution is 7.55. The summed E-state index contributed by atoms with van der Waals surface area (Å²) in [5, 5.41) is 2.73. The zero-order valence-corrected chi connectivity index (χ0v) is 15.9. The summed E-state index contributed by atoms with van der Waals surface area (Å²) >= 11 is 0. The molecule has 0 aliphatic heterocycles. The van der Waals surface area contributed by atoms with Crippen molar-refractivity contribution in [1.82, 2.24) is 0 Å². The second-order valence-corrected chi connectivity index (χ2v) is 7.47. The summed E-state index contributed by atoms with van der Waals surface area (Å²) in [6.45, 7) is 15.5. The van der Waals surface area contributed by atoms with Crippen molar-refractivity contribution in [3.8, 4) is 0 Å². The molecule has 0 atom stereocenters. The lowest BCUT2D eigenvalue weighted by Crippen LogP contribution is -2.08. The van der Waals surface area contributed by atoms with Crippen LogP contribution >= 0.6 is 8.58 Å². The summed E-state index contributed by atoms with van der Waals surface area (Å²) in [7, 11) is 0.655. The summed E-state index contributed by atoms with van der Waals surface area (Å²) in [4.78, 5) is 0. The van der Waals surface area contributed by atoms with E-state index in [1.807, 2.05) is 24.3 Å². The van der Waals surface area contributed by atoms with E-state index < -0.39 is 0 Å². The lowest BCUT2D eigenvalue weighted by molar-refractivity contribution is 1.16. The van der Waals surface area contributed by atoms with E-state index in [0.717, 1.165) is 25.7 Å². The van der Waals surface area contributed by atoms with E-state index in [0.29, 0.717) is 8.58 Å². The van der Waals surface area contributed by atoms with Crippen molar-refractivity contribution in [1.29, 1.82) is 0 Å². The fourth-order valence-electron chi connectivity index (χ4n) is 2.97. The standard InChI is InChI=1S/C24H27P/c1-5-9-19-13-15-23(17-21(19)11-7-3)25-24-16-14-20(10-6-2)22(18-24)12-8-4/h5-8,13-18,25H,1-4,9-12H2. The molecule has 25 heavy (non-hydrogen) atoms. The minimum absolute atomic E-state index is 0.655. The summed E-state index contributed by atoms with van der Waals surface area (Å²) in [6.07, 6.45) is 11.5. The third kappa shape index (κ3) is 5.41. The molecule has 2 aromatic rings. The Morgan fingerprint density at radius 2 is 0.920 bits per heavy atom. The fraction of sp³-hybridized carbons (Fsp3) is 0.167. The predicted molar refractivity (Wildman–Crippen MR) is 116 cm³/mol. The molecular weight excluding hydrogens is 319 g/mol. The topological polar surface area (TPSA) is 0 Å². The zero-order chi connectivity index (χ0) is 18.1. The molecule has 0 spiro atoms. The quantitative estimate of drug-likeness (QED) is 0.408. The minimum atomic E-state index is 0.655. The van der Waals surface area contributed by atoms with Gasteiger partial charge in [-0.3, -0.25) is 0 Å². The molecule has 0 radical (unpaired) electrons. The first-order valence-corrected chi connectivity index (χ1v) is 9.66. The number of rotatable bonds is 10. The minimum Gasteiger partial charge on any atom is -0.103 e. The Morgan fingerprint density at radius 1 is 0.560 bits per heavy atom. The fourth-order valence-corrected chi connectivity index (χ4v) is 4.13. The van der Waals surface area contributed by atoms with Gasteiger partial charge in [0, 0.05) is 0 Å². The SMILES string of the molecule is C=CCc1ccc(Pc2ccc(CC=C)c(CC=C)c2)cc1CC=C. The molecule has 2 aromatic carbocycles. The van der Waals surface area contributed by atoms with Crippen molar-refractivity contribution in [3.05, 3.63) is 109 Å². The molecule has 0 aliphatic rings. The van der Waals surface area contributed by atoms with E-state index in [1.165, 1.54) is 32.9 Å². The molecule has 0 N–H and O–H groups in total. The van der Waals surface area contributed by atoms with E-state index in [1.54, 1.807) is 0 Å². The van der Waals surface area contributed by atoms with E-state index in [9.17, 15) is 0 Å². The summed E-state index contributed by atoms with van der Waals surface area (Å²) < 4.78 is 0. The van der Waals surface area contributed by atoms with Gasteiger partial charge in [-0.2, -0.15) is 0 Å². The average molecular weight is 346 g/mol. The van der Waals surface area contributed by atoms with Crippen LogP contribution in [0.1, 0.15) is 22.3 Å². The molecule has 0 fully saturated rings. The van der Waals surface area contributed by atoms with Crippen LogP contribution < -0.4 is 10.6 Å². The van der Waals surface area contributed by atoms with Gasteiger partial charge in [0.25, 0.3) is 0 Å². The number of allylic oxidation sites excluding steroid dienone is 4. The van der Waals surface area contributed by atoms with Crippen LogP contribution in [0, 0.1) is 0 Å². The second kappa shape index (κ2) is 9.97. The average Bonchev–Trinajstić information content (AvgIpc) is 2.60. The van der Waals surface area contributed by atoms with Crippen LogP contribution in [0.3, 0.4) is 0 Å². The first-order valence-electron chi connectivity index (χ1n) is 8.66. The summed E-state index contributed by atoms with van der Waals surface area (Å²) in [5.41, 5.74) is 5.40. The molecule has 0 nitrogen and oxygen atoms in total. The zero-order valence-electron chi connectivity index (χ0n) is 14.9. The number of hydrogen-bond donors (Lipinski definition) is 0. The van der Waals surface area contributed by atoms with Gasteiger partial charge < -0.3 is 0 Å². The monoisotopic (exact) mass is 346 g/mol. The second-order valence-electron chi connectivity index (χ2n) is 6.06. The van der Waals surface area contributed by atoms with Crippen LogP contribution in [0.2, 0.25) is 0 Å². The molecule has 0 saturated heterocycles. The molecule has 128 valence electrons. The van der Waals surface area contributed by atoms with Crippen LogP contribution in [0.4, 0.5) is 0 Å². The first kappa shape index (κ1) is 19.2. The third-order valence-corrected chi connectivity index (χ3v) is 5.36. The van der Waals surface area contributed by atoms with Gasteiger partial charge in [-0.1, -0.05) is 69.3 Å². The Hall–Kier alpha value is -2.17. The summed E-state index contributed by atoms with van der Waals surface area (Å²) in [5.74, 6) is 0. The van der Waals surface area contributed by atoms with Gasteiger partial charge in [-0.25, -0.2) is 0 Å². The Bertz CT molecular complexity index is 702. The van der Waals surface area contributed by atoms with E-state index >= 15 is 0 Å². The maximum Gasteiger partial charge on any atom is -0.00971 e. The summed E-state index contributed by atoms with van der Waals surface area (Å²) in [6, 6.07) is 13.6. The highest BCUT2D eigenvalue weighted by atomic mass is 31.1. The van der Waals surface area contributed by atoms with Crippen molar-refractivity contribution in [2.24, 2.45) is 0 Å². The van der Waals surface area contributed by atoms with Gasteiger partial charge in [0.15, 0.2) is 0 Å². The van der Waals surface area contributed by atoms with Crippen molar-refractivity contribution in [2.45, 2.75) is 25.7 Å². The normalized spacial score (nSPS) is 10.2. The van der Waals surface area contributed by atoms with Crippen LogP contribution in [-0.4, -0.2) is 0 Å². The van der Waals surface area contributed by atoms with Crippen LogP contribution in [-0.2, 0) is 25.7 Å². The van der Waals surface area contributed by atoms with Gasteiger partial charge >= 0.3 is 0 Å². The lowest BCUT2D eigenvalue weighted by atomic mass is 10.0. The Kier molecular flexibility index (Phi) is 7.64. The highest BCUT2D eigenvalue weighted by Crippen LogP contribution is 2.19. The van der Waals surface area contributed by atoms with E-state index in [2.05, 4.69) is 62.7 Å². The smallest absolute Gasteiger partial charge is 0.00971 e. The van der Waals surface area contributed by atoms with Gasteiger partial charge in [0.1, 0.15) is 0 Å². The highest BCUT2D eigenvalue weighted by Gasteiger charge is 2.06. The van der Waals surface area contributed by atoms with E-state index in [-0.39, 0.29) is 0 Å². The van der Waals surface area contributed by atoms with Crippen LogP contribution in [0.5, 0.6) is 0 Å². The maximum atomic E-state index is 3.89. The predicted octanol–water partition coefficient (Wildman–Crippen LogP) is 5.23. The molecule has 0 heterocycles. The van der Waals surface area contributed by atoms with Crippen molar-refractivity contribution in [2.75, 3.05) is 0 Å².